The van der Waals surface area contributed by atoms with Crippen LogP contribution in [0.4, 0.5) is 0 Å². The van der Waals surface area contributed by atoms with Crippen LogP contribution in [0.1, 0.15) is 33.6 Å². The van der Waals surface area contributed by atoms with Gasteiger partial charge in [-0.25, -0.2) is 0 Å². The molecule has 2 atom stereocenters. The molecule has 0 saturated carbocycles. The summed E-state index contributed by atoms with van der Waals surface area (Å²) in [6, 6.07) is 0.653. The fraction of sp³-hybridized carbons (Fsp3) is 0.833. The van der Waals surface area contributed by atoms with E-state index < -0.39 is 0 Å². The maximum Gasteiger partial charge on any atom is 0.0498 e. The van der Waals surface area contributed by atoms with Gasteiger partial charge in [-0.1, -0.05) is 6.08 Å². The van der Waals surface area contributed by atoms with Crippen LogP contribution in [0.3, 0.4) is 0 Å². The molecule has 0 bridgehead atoms. The van der Waals surface area contributed by atoms with Crippen molar-refractivity contribution in [2.45, 2.75) is 39.7 Å². The minimum Gasteiger partial charge on any atom is -0.381 e. The van der Waals surface area contributed by atoms with Gasteiger partial charge in [-0.2, -0.15) is 0 Å². The Morgan fingerprint density at radius 3 is 2.86 bits per heavy atom. The van der Waals surface area contributed by atoms with Crippen molar-refractivity contribution in [1.29, 1.82) is 0 Å². The average Bonchev–Trinajstić information content (AvgIpc) is 2.19. The summed E-state index contributed by atoms with van der Waals surface area (Å²) in [5.74, 6) is 0.715. The lowest BCUT2D eigenvalue weighted by atomic mass is 9.90. The number of hydrogen-bond acceptors (Lipinski definition) is 2. The van der Waals surface area contributed by atoms with Crippen LogP contribution < -0.4 is 0 Å². The molecule has 0 radical (unpaired) electrons. The lowest BCUT2D eigenvalue weighted by Crippen LogP contribution is -2.37. The fourth-order valence-corrected chi connectivity index (χ4v) is 2.18. The molecule has 1 aliphatic rings. The highest BCUT2D eigenvalue weighted by Crippen LogP contribution is 2.29. The normalized spacial score (nSPS) is 31.1. The molecule has 0 aromatic rings. The van der Waals surface area contributed by atoms with E-state index in [1.807, 2.05) is 0 Å². The van der Waals surface area contributed by atoms with Crippen LogP contribution in [0.25, 0.3) is 0 Å². The number of ether oxygens (including phenoxy) is 1. The van der Waals surface area contributed by atoms with Gasteiger partial charge < -0.3 is 9.64 Å². The van der Waals surface area contributed by atoms with Crippen molar-refractivity contribution < 1.29 is 4.74 Å². The van der Waals surface area contributed by atoms with Crippen molar-refractivity contribution in [3.8, 4) is 0 Å². The molecular formula is C12H23NO. The summed E-state index contributed by atoms with van der Waals surface area (Å²) < 4.78 is 5.50. The molecule has 82 valence electrons. The zero-order valence-corrected chi connectivity index (χ0v) is 9.92. The Bertz CT molecular complexity index is 200. The Kier molecular flexibility index (Phi) is 4.46. The van der Waals surface area contributed by atoms with Gasteiger partial charge in [0.2, 0.25) is 0 Å². The molecule has 0 aromatic carbocycles. The molecule has 2 unspecified atom stereocenters. The topological polar surface area (TPSA) is 12.5 Å². The van der Waals surface area contributed by atoms with Crippen molar-refractivity contribution in [2.75, 3.05) is 20.3 Å². The predicted octanol–water partition coefficient (Wildman–Crippen LogP) is 2.66. The van der Waals surface area contributed by atoms with Gasteiger partial charge in [0.15, 0.2) is 0 Å². The van der Waals surface area contributed by atoms with Gasteiger partial charge in [0.25, 0.3) is 0 Å². The number of allylic oxidation sites excluding steroid dienone is 2. The smallest absolute Gasteiger partial charge is 0.0498 e. The van der Waals surface area contributed by atoms with E-state index in [4.69, 9.17) is 4.74 Å². The maximum atomic E-state index is 5.50. The fourth-order valence-electron chi connectivity index (χ4n) is 2.18. The molecule has 2 nitrogen and oxygen atoms in total. The van der Waals surface area contributed by atoms with Gasteiger partial charge in [-0.15, -0.1) is 0 Å². The standard InChI is InChI=1S/C12H23NO/c1-5-12-8-11(9-14-6-2)7-10(3)13(12)4/h5,10-11H,6-9H2,1-4H3. The first-order chi connectivity index (χ1) is 6.69. The summed E-state index contributed by atoms with van der Waals surface area (Å²) in [6.07, 6.45) is 4.67. The van der Waals surface area contributed by atoms with E-state index in [0.29, 0.717) is 12.0 Å². The summed E-state index contributed by atoms with van der Waals surface area (Å²) in [4.78, 5) is 2.39. The second kappa shape index (κ2) is 5.40. The third-order valence-corrected chi connectivity index (χ3v) is 3.18. The Morgan fingerprint density at radius 1 is 1.57 bits per heavy atom. The van der Waals surface area contributed by atoms with Crippen LogP contribution >= 0.6 is 0 Å². The molecule has 0 amide bonds. The van der Waals surface area contributed by atoms with E-state index in [2.05, 4.69) is 38.8 Å². The Labute approximate surface area is 87.9 Å². The van der Waals surface area contributed by atoms with E-state index in [1.54, 1.807) is 0 Å². The van der Waals surface area contributed by atoms with Crippen LogP contribution in [0.2, 0.25) is 0 Å². The van der Waals surface area contributed by atoms with Crippen LogP contribution in [0.5, 0.6) is 0 Å². The van der Waals surface area contributed by atoms with Crippen molar-refractivity contribution in [3.63, 3.8) is 0 Å². The highest BCUT2D eigenvalue weighted by molar-refractivity contribution is 5.05. The van der Waals surface area contributed by atoms with Crippen LogP contribution in [0, 0.1) is 5.92 Å². The van der Waals surface area contributed by atoms with E-state index in [1.165, 1.54) is 18.5 Å². The summed E-state index contributed by atoms with van der Waals surface area (Å²) >= 11 is 0. The molecule has 1 aliphatic heterocycles. The highest BCUT2D eigenvalue weighted by Gasteiger charge is 2.25. The number of likely N-dealkylation sites (tertiary alicyclic amines) is 1. The monoisotopic (exact) mass is 197 g/mol. The Balaban J connectivity index is 2.50. The first-order valence-corrected chi connectivity index (χ1v) is 5.64. The number of nitrogens with zero attached hydrogens (tertiary/aromatic N) is 1. The van der Waals surface area contributed by atoms with Crippen molar-refractivity contribution in [2.24, 2.45) is 5.92 Å². The van der Waals surface area contributed by atoms with Crippen molar-refractivity contribution in [3.05, 3.63) is 11.8 Å². The van der Waals surface area contributed by atoms with Crippen molar-refractivity contribution >= 4 is 0 Å². The van der Waals surface area contributed by atoms with Crippen LogP contribution in [-0.4, -0.2) is 31.2 Å². The molecule has 0 spiro atoms. The van der Waals surface area contributed by atoms with Crippen LogP contribution in [-0.2, 0) is 4.74 Å². The maximum absolute atomic E-state index is 5.50. The zero-order chi connectivity index (χ0) is 10.6. The van der Waals surface area contributed by atoms with E-state index in [0.717, 1.165) is 13.2 Å². The van der Waals surface area contributed by atoms with Gasteiger partial charge in [0, 0.05) is 32.0 Å². The summed E-state index contributed by atoms with van der Waals surface area (Å²) in [5, 5.41) is 0. The largest absolute Gasteiger partial charge is 0.381 e. The van der Waals surface area contributed by atoms with Crippen LogP contribution in [0.15, 0.2) is 11.8 Å². The van der Waals surface area contributed by atoms with E-state index >= 15 is 0 Å². The first kappa shape index (κ1) is 11.6. The second-order valence-corrected chi connectivity index (χ2v) is 4.21. The summed E-state index contributed by atoms with van der Waals surface area (Å²) in [5.41, 5.74) is 1.47. The molecule has 1 saturated heterocycles. The lowest BCUT2D eigenvalue weighted by molar-refractivity contribution is 0.0782. The second-order valence-electron chi connectivity index (χ2n) is 4.21. The summed E-state index contributed by atoms with van der Waals surface area (Å²) in [7, 11) is 2.19. The SMILES string of the molecule is CC=C1CC(COCC)CC(C)N1C. The molecule has 1 rings (SSSR count). The average molecular weight is 197 g/mol. The molecule has 0 N–H and O–H groups in total. The molecule has 1 fully saturated rings. The highest BCUT2D eigenvalue weighted by atomic mass is 16.5. The number of piperidine rings is 1. The molecular weight excluding hydrogens is 174 g/mol. The predicted molar refractivity (Wildman–Crippen MR) is 60.2 cm³/mol. The Morgan fingerprint density at radius 2 is 2.29 bits per heavy atom. The molecule has 2 heteroatoms. The zero-order valence-electron chi connectivity index (χ0n) is 9.92. The molecule has 0 aliphatic carbocycles. The third kappa shape index (κ3) is 2.74. The summed E-state index contributed by atoms with van der Waals surface area (Å²) in [6.45, 7) is 8.25. The van der Waals surface area contributed by atoms with Crippen molar-refractivity contribution in [1.82, 2.24) is 4.90 Å². The van der Waals surface area contributed by atoms with Gasteiger partial charge in [-0.05, 0) is 39.5 Å². The minimum atomic E-state index is 0.653. The lowest BCUT2D eigenvalue weighted by Gasteiger charge is -2.38. The minimum absolute atomic E-state index is 0.653. The van der Waals surface area contributed by atoms with Gasteiger partial charge in [0.1, 0.15) is 0 Å². The van der Waals surface area contributed by atoms with E-state index in [9.17, 15) is 0 Å². The van der Waals surface area contributed by atoms with Gasteiger partial charge in [-0.3, -0.25) is 0 Å². The first-order valence-electron chi connectivity index (χ1n) is 5.64. The Hall–Kier alpha value is -0.500. The van der Waals surface area contributed by atoms with Gasteiger partial charge >= 0.3 is 0 Å². The molecule has 0 aromatic heterocycles. The quantitative estimate of drug-likeness (QED) is 0.689. The third-order valence-electron chi connectivity index (χ3n) is 3.18. The van der Waals surface area contributed by atoms with E-state index in [-0.39, 0.29) is 0 Å². The van der Waals surface area contributed by atoms with Gasteiger partial charge in [0.05, 0.1) is 0 Å². The molecule has 1 heterocycles. The molecule has 14 heavy (non-hydrogen) atoms. The number of hydrogen-bond donors (Lipinski definition) is 0. The number of rotatable bonds is 3.